The van der Waals surface area contributed by atoms with Gasteiger partial charge in [-0.15, -0.1) is 0 Å². The van der Waals surface area contributed by atoms with E-state index in [2.05, 4.69) is 5.32 Å². The number of amides is 3. The van der Waals surface area contributed by atoms with Gasteiger partial charge < -0.3 is 10.4 Å². The smallest absolute Gasteiger partial charge is 0.266 e. The molecular weight excluding hydrogens is 416 g/mol. The molecule has 4 rings (SSSR count). The van der Waals surface area contributed by atoms with Crippen molar-refractivity contribution in [3.8, 4) is 5.75 Å². The number of carbonyl (C=O) groups is 3. The molecule has 1 aliphatic heterocycles. The Bertz CT molecular complexity index is 1250. The van der Waals surface area contributed by atoms with Crippen LogP contribution in [0.2, 0.25) is 0 Å². The fourth-order valence-corrected chi connectivity index (χ4v) is 4.22. The van der Waals surface area contributed by atoms with Gasteiger partial charge in [-0.25, -0.2) is 4.90 Å². The highest BCUT2D eigenvalue weighted by Crippen LogP contribution is 2.40. The van der Waals surface area contributed by atoms with Crippen LogP contribution in [-0.4, -0.2) is 22.8 Å². The number of carbonyl (C=O) groups excluding carboxylic acids is 3. The molecular formula is C27H26N2O4. The summed E-state index contributed by atoms with van der Waals surface area (Å²) in [5.41, 5.74) is 2.97. The quantitative estimate of drug-likeness (QED) is 0.392. The van der Waals surface area contributed by atoms with E-state index in [1.807, 2.05) is 45.9 Å². The summed E-state index contributed by atoms with van der Waals surface area (Å²) in [6, 6.07) is 16.8. The zero-order valence-electron chi connectivity index (χ0n) is 19.0. The summed E-state index contributed by atoms with van der Waals surface area (Å²) in [4.78, 5) is 41.4. The van der Waals surface area contributed by atoms with E-state index in [-0.39, 0.29) is 40.0 Å². The second-order valence-corrected chi connectivity index (χ2v) is 8.74. The molecule has 168 valence electrons. The summed E-state index contributed by atoms with van der Waals surface area (Å²) in [7, 11) is 0. The number of anilines is 2. The Hall–Kier alpha value is -3.93. The molecule has 2 N–H and O–H groups in total. The van der Waals surface area contributed by atoms with Gasteiger partial charge >= 0.3 is 0 Å². The number of rotatable bonds is 5. The van der Waals surface area contributed by atoms with Crippen molar-refractivity contribution in [2.45, 2.75) is 39.5 Å². The van der Waals surface area contributed by atoms with Gasteiger partial charge in [0.05, 0.1) is 28.1 Å². The van der Waals surface area contributed by atoms with Crippen LogP contribution in [0.4, 0.5) is 11.4 Å². The predicted octanol–water partition coefficient (Wildman–Crippen LogP) is 5.69. The van der Waals surface area contributed by atoms with E-state index in [4.69, 9.17) is 0 Å². The highest BCUT2D eigenvalue weighted by molar-refractivity contribution is 6.37. The minimum absolute atomic E-state index is 0.0729. The first-order valence-corrected chi connectivity index (χ1v) is 11.0. The van der Waals surface area contributed by atoms with Crippen LogP contribution in [-0.2, 0) is 0 Å². The Labute approximate surface area is 192 Å². The van der Waals surface area contributed by atoms with Crippen molar-refractivity contribution in [2.24, 2.45) is 0 Å². The molecule has 0 spiro atoms. The first-order chi connectivity index (χ1) is 15.7. The van der Waals surface area contributed by atoms with Crippen LogP contribution >= 0.6 is 0 Å². The van der Waals surface area contributed by atoms with Gasteiger partial charge in [0.25, 0.3) is 17.7 Å². The summed E-state index contributed by atoms with van der Waals surface area (Å²) >= 11 is 0. The van der Waals surface area contributed by atoms with Crippen molar-refractivity contribution >= 4 is 29.1 Å². The lowest BCUT2D eigenvalue weighted by Crippen LogP contribution is -2.32. The Morgan fingerprint density at radius 1 is 0.818 bits per heavy atom. The van der Waals surface area contributed by atoms with Crippen molar-refractivity contribution < 1.29 is 19.5 Å². The molecule has 0 radical (unpaired) electrons. The second kappa shape index (κ2) is 8.54. The van der Waals surface area contributed by atoms with Crippen LogP contribution in [0, 0.1) is 0 Å². The highest BCUT2D eigenvalue weighted by atomic mass is 16.3. The molecule has 3 amide bonds. The number of phenols is 1. The van der Waals surface area contributed by atoms with E-state index < -0.39 is 17.7 Å². The second-order valence-electron chi connectivity index (χ2n) is 8.74. The number of hydrogen-bond donors (Lipinski definition) is 2. The monoisotopic (exact) mass is 442 g/mol. The topological polar surface area (TPSA) is 86.7 Å². The number of nitrogens with one attached hydrogen (secondary N) is 1. The van der Waals surface area contributed by atoms with Gasteiger partial charge in [0.15, 0.2) is 0 Å². The fraction of sp³-hybridized carbons (Fsp3) is 0.222. The van der Waals surface area contributed by atoms with Gasteiger partial charge in [0.2, 0.25) is 0 Å². The lowest BCUT2D eigenvalue weighted by Gasteiger charge is -2.25. The van der Waals surface area contributed by atoms with Gasteiger partial charge in [-0.3, -0.25) is 14.4 Å². The number of para-hydroxylation sites is 3. The first kappa shape index (κ1) is 22.3. The largest absolute Gasteiger partial charge is 0.506 e. The van der Waals surface area contributed by atoms with Crippen LogP contribution < -0.4 is 10.2 Å². The maximum Gasteiger partial charge on any atom is 0.266 e. The van der Waals surface area contributed by atoms with Crippen LogP contribution in [0.5, 0.6) is 5.75 Å². The molecule has 0 fully saturated rings. The number of fused-ring (bicyclic) bond motifs is 1. The normalized spacial score (nSPS) is 13.1. The maximum atomic E-state index is 13.7. The molecule has 0 atom stereocenters. The van der Waals surface area contributed by atoms with Crippen molar-refractivity contribution in [1.82, 2.24) is 0 Å². The molecule has 1 aliphatic rings. The van der Waals surface area contributed by atoms with E-state index in [0.717, 1.165) is 11.1 Å². The SMILES string of the molecule is CC(C)c1cccc(C(C)C)c1N1C(=O)c2cccc(C(=O)Nc3ccccc3O)c2C1=O. The number of nitrogens with zero attached hydrogens (tertiary/aromatic N) is 1. The third-order valence-electron chi connectivity index (χ3n) is 5.88. The van der Waals surface area contributed by atoms with Crippen molar-refractivity contribution in [2.75, 3.05) is 10.2 Å². The maximum absolute atomic E-state index is 13.7. The predicted molar refractivity (Wildman–Crippen MR) is 128 cm³/mol. The number of hydrogen-bond acceptors (Lipinski definition) is 4. The Morgan fingerprint density at radius 3 is 2.03 bits per heavy atom. The third kappa shape index (κ3) is 3.78. The zero-order valence-corrected chi connectivity index (χ0v) is 19.0. The Balaban J connectivity index is 1.82. The number of imide groups is 1. The van der Waals surface area contributed by atoms with Gasteiger partial charge in [-0.05, 0) is 47.2 Å². The molecule has 0 aromatic heterocycles. The van der Waals surface area contributed by atoms with E-state index in [1.165, 1.54) is 17.0 Å². The summed E-state index contributed by atoms with van der Waals surface area (Å²) < 4.78 is 0. The lowest BCUT2D eigenvalue weighted by atomic mass is 9.92. The summed E-state index contributed by atoms with van der Waals surface area (Å²) in [6.07, 6.45) is 0. The average Bonchev–Trinajstić information content (AvgIpc) is 3.04. The molecule has 0 saturated heterocycles. The lowest BCUT2D eigenvalue weighted by molar-refractivity contribution is 0.0919. The van der Waals surface area contributed by atoms with E-state index in [1.54, 1.807) is 30.3 Å². The molecule has 6 nitrogen and oxygen atoms in total. The van der Waals surface area contributed by atoms with Crippen molar-refractivity contribution in [3.63, 3.8) is 0 Å². The molecule has 0 unspecified atom stereocenters. The molecule has 1 heterocycles. The van der Waals surface area contributed by atoms with Gasteiger partial charge in [0, 0.05) is 0 Å². The molecule has 0 saturated carbocycles. The highest BCUT2D eigenvalue weighted by Gasteiger charge is 2.41. The summed E-state index contributed by atoms with van der Waals surface area (Å²) in [6.45, 7) is 8.08. The van der Waals surface area contributed by atoms with E-state index in [0.29, 0.717) is 5.69 Å². The van der Waals surface area contributed by atoms with E-state index in [9.17, 15) is 19.5 Å². The van der Waals surface area contributed by atoms with Gasteiger partial charge in [-0.1, -0.05) is 64.1 Å². The molecule has 0 aliphatic carbocycles. The van der Waals surface area contributed by atoms with Gasteiger partial charge in [-0.2, -0.15) is 0 Å². The molecule has 0 bridgehead atoms. The van der Waals surface area contributed by atoms with E-state index >= 15 is 0 Å². The minimum atomic E-state index is -0.572. The summed E-state index contributed by atoms with van der Waals surface area (Å²) in [5.74, 6) is -1.44. The Morgan fingerprint density at radius 2 is 1.42 bits per heavy atom. The van der Waals surface area contributed by atoms with Crippen LogP contribution in [0.25, 0.3) is 0 Å². The molecule has 3 aromatic rings. The van der Waals surface area contributed by atoms with Crippen LogP contribution in [0.1, 0.15) is 81.7 Å². The van der Waals surface area contributed by atoms with Crippen molar-refractivity contribution in [3.05, 3.63) is 88.5 Å². The van der Waals surface area contributed by atoms with Crippen LogP contribution in [0.15, 0.2) is 60.7 Å². The number of phenolic OH excluding ortho intramolecular Hbond substituents is 1. The Kier molecular flexibility index (Phi) is 5.77. The summed E-state index contributed by atoms with van der Waals surface area (Å²) in [5, 5.41) is 12.6. The van der Waals surface area contributed by atoms with Crippen molar-refractivity contribution in [1.29, 1.82) is 0 Å². The average molecular weight is 443 g/mol. The minimum Gasteiger partial charge on any atom is -0.506 e. The molecule has 3 aromatic carbocycles. The fourth-order valence-electron chi connectivity index (χ4n) is 4.22. The molecule has 6 heteroatoms. The zero-order chi connectivity index (χ0) is 23.9. The van der Waals surface area contributed by atoms with Crippen LogP contribution in [0.3, 0.4) is 0 Å². The number of aromatic hydroxyl groups is 1. The first-order valence-electron chi connectivity index (χ1n) is 11.0. The third-order valence-corrected chi connectivity index (χ3v) is 5.88. The number of benzene rings is 3. The van der Waals surface area contributed by atoms with Gasteiger partial charge in [0.1, 0.15) is 5.75 Å². The molecule has 33 heavy (non-hydrogen) atoms. The standard InChI is InChI=1S/C27H26N2O4/c1-15(2)17-9-7-10-18(16(3)4)24(17)29-26(32)20-12-8-11-19(23(20)27(29)33)25(31)28-21-13-5-6-14-22(21)30/h5-16,30H,1-4H3,(H,28,31).